The highest BCUT2D eigenvalue weighted by atomic mass is 16.1. The first-order valence-electron chi connectivity index (χ1n) is 9.52. The molecule has 3 aromatic rings. The van der Waals surface area contributed by atoms with Gasteiger partial charge in [-0.3, -0.25) is 19.8 Å². The number of aromatic amines is 1. The molecule has 2 aliphatic rings. The summed E-state index contributed by atoms with van der Waals surface area (Å²) in [7, 11) is 0. The number of pyridine rings is 1. The molecule has 1 aliphatic heterocycles. The molecule has 0 spiro atoms. The Morgan fingerprint density at radius 2 is 2.11 bits per heavy atom. The van der Waals surface area contributed by atoms with Gasteiger partial charge in [-0.05, 0) is 43.0 Å². The molecule has 7 nitrogen and oxygen atoms in total. The quantitative estimate of drug-likeness (QED) is 0.747. The Balaban J connectivity index is 1.23. The zero-order valence-electron chi connectivity index (χ0n) is 15.1. The van der Waals surface area contributed by atoms with E-state index in [4.69, 9.17) is 0 Å². The second-order valence-electron chi connectivity index (χ2n) is 7.52. The summed E-state index contributed by atoms with van der Waals surface area (Å²) in [6.07, 6.45) is 7.02. The van der Waals surface area contributed by atoms with E-state index in [-0.39, 0.29) is 5.56 Å². The number of likely N-dealkylation sites (tertiary alicyclic amines) is 1. The Morgan fingerprint density at radius 3 is 2.96 bits per heavy atom. The highest BCUT2D eigenvalue weighted by Gasteiger charge is 2.29. The van der Waals surface area contributed by atoms with Crippen molar-refractivity contribution >= 4 is 0 Å². The summed E-state index contributed by atoms with van der Waals surface area (Å²) in [5, 5.41) is 12.2. The molecule has 0 saturated carbocycles. The molecule has 0 radical (unpaired) electrons. The van der Waals surface area contributed by atoms with Crippen LogP contribution in [0.15, 0.2) is 41.5 Å². The zero-order chi connectivity index (χ0) is 18.2. The molecule has 0 aromatic carbocycles. The third-order valence-electron chi connectivity index (χ3n) is 5.55. The number of fused-ring (bicyclic) bond motifs is 1. The summed E-state index contributed by atoms with van der Waals surface area (Å²) < 4.78 is 1.59. The topological polar surface area (TPSA) is 79.7 Å². The lowest BCUT2D eigenvalue weighted by Gasteiger charge is -2.39. The van der Waals surface area contributed by atoms with Crippen molar-refractivity contribution in [2.45, 2.75) is 32.4 Å². The predicted molar refractivity (Wildman–Crippen MR) is 101 cm³/mol. The van der Waals surface area contributed by atoms with Gasteiger partial charge in [0.2, 0.25) is 0 Å². The minimum Gasteiger partial charge on any atom is -0.297 e. The molecule has 0 atom stereocenters. The maximum Gasteiger partial charge on any atom is 0.266 e. The van der Waals surface area contributed by atoms with Gasteiger partial charge in [-0.2, -0.15) is 10.2 Å². The number of hydrogen-bond acceptors (Lipinski definition) is 5. The van der Waals surface area contributed by atoms with Crippen LogP contribution in [0.4, 0.5) is 0 Å². The number of H-pyrrole nitrogens is 1. The van der Waals surface area contributed by atoms with Gasteiger partial charge >= 0.3 is 0 Å². The zero-order valence-corrected chi connectivity index (χ0v) is 15.1. The summed E-state index contributed by atoms with van der Waals surface area (Å²) >= 11 is 0. The molecule has 3 aromatic heterocycles. The molecular formula is C20H22N6O. The first-order chi connectivity index (χ1) is 13.3. The highest BCUT2D eigenvalue weighted by molar-refractivity contribution is 5.56. The monoisotopic (exact) mass is 362 g/mol. The molecule has 1 saturated heterocycles. The first kappa shape index (κ1) is 16.4. The Bertz CT molecular complexity index is 1000. The van der Waals surface area contributed by atoms with Crippen molar-refractivity contribution in [3.05, 3.63) is 64.0 Å². The van der Waals surface area contributed by atoms with Crippen molar-refractivity contribution in [3.63, 3.8) is 0 Å². The Morgan fingerprint density at radius 1 is 1.19 bits per heavy atom. The van der Waals surface area contributed by atoms with Gasteiger partial charge in [0.15, 0.2) is 0 Å². The summed E-state index contributed by atoms with van der Waals surface area (Å²) in [6.45, 7) is 3.52. The van der Waals surface area contributed by atoms with Crippen LogP contribution in [0, 0.1) is 5.92 Å². The molecule has 0 unspecified atom stereocenters. The molecule has 4 heterocycles. The van der Waals surface area contributed by atoms with Crippen molar-refractivity contribution in [1.29, 1.82) is 0 Å². The smallest absolute Gasteiger partial charge is 0.266 e. The van der Waals surface area contributed by atoms with E-state index in [1.165, 1.54) is 23.4 Å². The minimum atomic E-state index is -0.0498. The van der Waals surface area contributed by atoms with Gasteiger partial charge in [0, 0.05) is 55.3 Å². The fourth-order valence-corrected chi connectivity index (χ4v) is 4.14. The fourth-order valence-electron chi connectivity index (χ4n) is 4.14. The summed E-state index contributed by atoms with van der Waals surface area (Å²) in [5.74, 6) is 0.450. The summed E-state index contributed by atoms with van der Waals surface area (Å²) in [4.78, 5) is 18.7. The number of hydrogen-bond donors (Lipinski definition) is 1. The van der Waals surface area contributed by atoms with Crippen LogP contribution in [-0.2, 0) is 25.9 Å². The lowest BCUT2D eigenvalue weighted by Crippen LogP contribution is -2.49. The predicted octanol–water partition coefficient (Wildman–Crippen LogP) is 1.65. The van der Waals surface area contributed by atoms with E-state index in [2.05, 4.69) is 25.2 Å². The van der Waals surface area contributed by atoms with Crippen molar-refractivity contribution in [1.82, 2.24) is 29.9 Å². The third-order valence-corrected chi connectivity index (χ3v) is 5.55. The van der Waals surface area contributed by atoms with Crippen molar-refractivity contribution in [2.75, 3.05) is 13.1 Å². The SMILES string of the molecule is O=c1ccc(-c2cccnc2)nn1CC1CN(Cc2n[nH]c3c2CCC3)C1. The fraction of sp³-hybridized carbons (Fsp3) is 0.400. The molecule has 1 N–H and O–H groups in total. The molecule has 1 fully saturated rings. The largest absolute Gasteiger partial charge is 0.297 e. The second-order valence-corrected chi connectivity index (χ2v) is 7.52. The van der Waals surface area contributed by atoms with E-state index in [0.29, 0.717) is 12.5 Å². The summed E-state index contributed by atoms with van der Waals surface area (Å²) in [6, 6.07) is 7.19. The van der Waals surface area contributed by atoms with Crippen LogP contribution in [-0.4, -0.2) is 43.0 Å². The van der Waals surface area contributed by atoms with Gasteiger partial charge in [-0.1, -0.05) is 0 Å². The Labute approximate surface area is 157 Å². The van der Waals surface area contributed by atoms with E-state index in [9.17, 15) is 4.79 Å². The van der Waals surface area contributed by atoms with Crippen molar-refractivity contribution in [3.8, 4) is 11.3 Å². The van der Waals surface area contributed by atoms with Crippen LogP contribution in [0.3, 0.4) is 0 Å². The first-order valence-corrected chi connectivity index (χ1v) is 9.52. The van der Waals surface area contributed by atoms with Gasteiger partial charge in [0.1, 0.15) is 0 Å². The number of rotatable bonds is 5. The molecule has 0 amide bonds. The number of aromatic nitrogens is 5. The van der Waals surface area contributed by atoms with Gasteiger partial charge in [-0.25, -0.2) is 4.68 Å². The number of nitrogens with one attached hydrogen (secondary N) is 1. The molecule has 27 heavy (non-hydrogen) atoms. The molecule has 138 valence electrons. The van der Waals surface area contributed by atoms with Crippen LogP contribution < -0.4 is 5.56 Å². The van der Waals surface area contributed by atoms with Crippen molar-refractivity contribution < 1.29 is 0 Å². The van der Waals surface area contributed by atoms with E-state index in [1.807, 2.05) is 12.1 Å². The van der Waals surface area contributed by atoms with Crippen LogP contribution in [0.25, 0.3) is 11.3 Å². The normalized spacial score (nSPS) is 17.0. The van der Waals surface area contributed by atoms with Gasteiger partial charge in [0.25, 0.3) is 5.56 Å². The molecule has 5 rings (SSSR count). The third kappa shape index (κ3) is 3.19. The Hall–Kier alpha value is -2.80. The maximum absolute atomic E-state index is 12.2. The highest BCUT2D eigenvalue weighted by Crippen LogP contribution is 2.26. The van der Waals surface area contributed by atoms with Crippen LogP contribution in [0.2, 0.25) is 0 Å². The number of aryl methyl sites for hydroxylation is 1. The van der Waals surface area contributed by atoms with Gasteiger partial charge in [0.05, 0.1) is 17.9 Å². The standard InChI is InChI=1S/C20H22N6O/c27-20-7-6-17(15-3-2-8-21-9-15)24-26(20)12-14-10-25(11-14)13-19-16-4-1-5-18(16)22-23-19/h2-3,6-9,14H,1,4-5,10-13H2,(H,22,23). The average molecular weight is 362 g/mol. The molecule has 1 aliphatic carbocycles. The van der Waals surface area contributed by atoms with Gasteiger partial charge in [-0.15, -0.1) is 0 Å². The maximum atomic E-state index is 12.2. The molecule has 7 heteroatoms. The molecule has 0 bridgehead atoms. The molecular weight excluding hydrogens is 340 g/mol. The van der Waals surface area contributed by atoms with Crippen molar-refractivity contribution in [2.24, 2.45) is 5.92 Å². The van der Waals surface area contributed by atoms with Crippen LogP contribution in [0.1, 0.15) is 23.4 Å². The van der Waals surface area contributed by atoms with Crippen LogP contribution in [0.5, 0.6) is 0 Å². The van der Waals surface area contributed by atoms with E-state index in [0.717, 1.165) is 43.7 Å². The second kappa shape index (κ2) is 6.74. The summed E-state index contributed by atoms with van der Waals surface area (Å²) in [5.41, 5.74) is 5.62. The average Bonchev–Trinajstić information content (AvgIpc) is 3.27. The van der Waals surface area contributed by atoms with E-state index < -0.39 is 0 Å². The lowest BCUT2D eigenvalue weighted by molar-refractivity contribution is 0.0752. The van der Waals surface area contributed by atoms with E-state index in [1.54, 1.807) is 29.2 Å². The van der Waals surface area contributed by atoms with Crippen LogP contribution >= 0.6 is 0 Å². The number of nitrogens with zero attached hydrogens (tertiary/aromatic N) is 5. The Kier molecular flexibility index (Phi) is 4.09. The minimum absolute atomic E-state index is 0.0498. The van der Waals surface area contributed by atoms with Gasteiger partial charge < -0.3 is 0 Å². The van der Waals surface area contributed by atoms with E-state index >= 15 is 0 Å². The lowest BCUT2D eigenvalue weighted by atomic mass is 9.99.